The number of amides is 1. The molecule has 0 fully saturated rings. The second-order valence-corrected chi connectivity index (χ2v) is 3.77. The van der Waals surface area contributed by atoms with E-state index in [0.717, 1.165) is 30.8 Å². The number of hydrogen-bond donors (Lipinski definition) is 2. The fourth-order valence-corrected chi connectivity index (χ4v) is 1.85. The van der Waals surface area contributed by atoms with Crippen molar-refractivity contribution in [3.8, 4) is 0 Å². The summed E-state index contributed by atoms with van der Waals surface area (Å²) in [5, 5.41) is 5.94. The molecule has 0 saturated heterocycles. The van der Waals surface area contributed by atoms with Gasteiger partial charge >= 0.3 is 0 Å². The molecule has 0 bridgehead atoms. The molecule has 2 aliphatic rings. The highest BCUT2D eigenvalue weighted by molar-refractivity contribution is 7.13. The van der Waals surface area contributed by atoms with Crippen molar-refractivity contribution in [3.05, 3.63) is 11.3 Å². The van der Waals surface area contributed by atoms with Gasteiger partial charge < -0.3 is 10.6 Å². The van der Waals surface area contributed by atoms with Crippen molar-refractivity contribution in [2.24, 2.45) is 0 Å². The Balaban J connectivity index is 2.24. The minimum absolute atomic E-state index is 0.0989. The summed E-state index contributed by atoms with van der Waals surface area (Å²) < 4.78 is 2.13. The van der Waals surface area contributed by atoms with Crippen molar-refractivity contribution < 1.29 is 4.79 Å². The standard InChI is InChI=1S/C7H12N3OP/c11-7-5-1-2-10(12)3-6(5)8-4-9-7/h8H,1-4,12H2,(H,9,11). The molecule has 0 aromatic heterocycles. The van der Waals surface area contributed by atoms with Crippen molar-refractivity contribution in [1.29, 1.82) is 0 Å². The summed E-state index contributed by atoms with van der Waals surface area (Å²) in [5.41, 5.74) is 2.01. The summed E-state index contributed by atoms with van der Waals surface area (Å²) in [5.74, 6) is 0.0989. The predicted molar refractivity (Wildman–Crippen MR) is 49.1 cm³/mol. The van der Waals surface area contributed by atoms with E-state index in [9.17, 15) is 4.79 Å². The summed E-state index contributed by atoms with van der Waals surface area (Å²) in [6, 6.07) is 0. The minimum Gasteiger partial charge on any atom is -0.370 e. The summed E-state index contributed by atoms with van der Waals surface area (Å²) >= 11 is 0. The first-order valence-electron chi connectivity index (χ1n) is 4.01. The van der Waals surface area contributed by atoms with Gasteiger partial charge in [-0.2, -0.15) is 0 Å². The molecule has 1 unspecified atom stereocenters. The first kappa shape index (κ1) is 8.02. The Morgan fingerprint density at radius 3 is 3.08 bits per heavy atom. The van der Waals surface area contributed by atoms with Gasteiger partial charge in [-0.05, 0) is 6.42 Å². The molecule has 0 aromatic carbocycles. The number of rotatable bonds is 0. The molecule has 5 heteroatoms. The van der Waals surface area contributed by atoms with Crippen LogP contribution in [0.1, 0.15) is 6.42 Å². The Hall–Kier alpha value is -0.600. The summed E-state index contributed by atoms with van der Waals surface area (Å²) in [4.78, 5) is 11.3. The van der Waals surface area contributed by atoms with Crippen molar-refractivity contribution in [3.63, 3.8) is 0 Å². The maximum Gasteiger partial charge on any atom is 0.250 e. The van der Waals surface area contributed by atoms with Gasteiger partial charge in [-0.15, -0.1) is 0 Å². The number of carbonyl (C=O) groups excluding carboxylic acids is 1. The quantitative estimate of drug-likeness (QED) is 0.496. The van der Waals surface area contributed by atoms with Crippen LogP contribution in [-0.4, -0.2) is 30.3 Å². The van der Waals surface area contributed by atoms with E-state index in [1.807, 2.05) is 0 Å². The van der Waals surface area contributed by atoms with Crippen molar-refractivity contribution in [2.75, 3.05) is 19.8 Å². The minimum atomic E-state index is 0.0989. The van der Waals surface area contributed by atoms with Gasteiger partial charge in [0.1, 0.15) is 0 Å². The van der Waals surface area contributed by atoms with Crippen molar-refractivity contribution >= 4 is 15.3 Å². The topological polar surface area (TPSA) is 44.4 Å². The molecular weight excluding hydrogens is 173 g/mol. The lowest BCUT2D eigenvalue weighted by Crippen LogP contribution is -2.46. The fraction of sp³-hybridized carbons (Fsp3) is 0.571. The molecule has 2 aliphatic heterocycles. The summed E-state index contributed by atoms with van der Waals surface area (Å²) in [7, 11) is 2.66. The highest BCUT2D eigenvalue weighted by Gasteiger charge is 2.24. The molecule has 0 aliphatic carbocycles. The zero-order valence-electron chi connectivity index (χ0n) is 6.76. The number of hydrogen-bond acceptors (Lipinski definition) is 3. The highest BCUT2D eigenvalue weighted by atomic mass is 31.0. The lowest BCUT2D eigenvalue weighted by Gasteiger charge is -2.30. The van der Waals surface area contributed by atoms with Crippen LogP contribution in [-0.2, 0) is 4.79 Å². The first-order valence-corrected chi connectivity index (χ1v) is 4.53. The van der Waals surface area contributed by atoms with Crippen LogP contribution in [0.5, 0.6) is 0 Å². The number of carbonyl (C=O) groups is 1. The Kier molecular flexibility index (Phi) is 2.03. The van der Waals surface area contributed by atoms with Gasteiger partial charge in [0.05, 0.1) is 6.67 Å². The normalized spacial score (nSPS) is 24.6. The fourth-order valence-electron chi connectivity index (χ4n) is 1.53. The molecule has 2 N–H and O–H groups in total. The van der Waals surface area contributed by atoms with E-state index in [0.29, 0.717) is 6.67 Å². The van der Waals surface area contributed by atoms with Crippen LogP contribution in [0.25, 0.3) is 0 Å². The average molecular weight is 185 g/mol. The summed E-state index contributed by atoms with van der Waals surface area (Å²) in [6.07, 6.45) is 0.845. The van der Waals surface area contributed by atoms with Crippen LogP contribution >= 0.6 is 9.39 Å². The third-order valence-corrected chi connectivity index (χ3v) is 2.64. The average Bonchev–Trinajstić information content (AvgIpc) is 2.04. The highest BCUT2D eigenvalue weighted by Crippen LogP contribution is 2.19. The molecule has 2 heterocycles. The van der Waals surface area contributed by atoms with E-state index in [-0.39, 0.29) is 5.91 Å². The van der Waals surface area contributed by atoms with E-state index in [2.05, 4.69) is 24.7 Å². The van der Waals surface area contributed by atoms with Gasteiger partial charge in [-0.1, -0.05) is 9.39 Å². The van der Waals surface area contributed by atoms with E-state index in [1.54, 1.807) is 0 Å². The Morgan fingerprint density at radius 2 is 2.25 bits per heavy atom. The molecule has 4 nitrogen and oxygen atoms in total. The number of nitrogens with one attached hydrogen (secondary N) is 2. The molecule has 2 rings (SSSR count). The first-order chi connectivity index (χ1) is 5.77. The monoisotopic (exact) mass is 185 g/mol. The zero-order chi connectivity index (χ0) is 8.55. The Labute approximate surface area is 73.6 Å². The SMILES string of the molecule is O=C1NCNC2=C1CCN(P)C2. The second kappa shape index (κ2) is 3.04. The van der Waals surface area contributed by atoms with Crippen LogP contribution in [0.4, 0.5) is 0 Å². The van der Waals surface area contributed by atoms with Crippen molar-refractivity contribution in [1.82, 2.24) is 15.3 Å². The molecule has 1 atom stereocenters. The maximum absolute atomic E-state index is 11.3. The van der Waals surface area contributed by atoms with Crippen LogP contribution in [0, 0.1) is 0 Å². The molecule has 0 spiro atoms. The maximum atomic E-state index is 11.3. The molecule has 1 amide bonds. The molecule has 66 valence electrons. The van der Waals surface area contributed by atoms with Gasteiger partial charge in [0.25, 0.3) is 0 Å². The lowest BCUT2D eigenvalue weighted by molar-refractivity contribution is -0.118. The predicted octanol–water partition coefficient (Wildman–Crippen LogP) is -0.587. The van der Waals surface area contributed by atoms with Crippen LogP contribution in [0.2, 0.25) is 0 Å². The zero-order valence-corrected chi connectivity index (χ0v) is 7.92. The van der Waals surface area contributed by atoms with Crippen molar-refractivity contribution in [2.45, 2.75) is 6.42 Å². The molecule has 0 saturated carbocycles. The van der Waals surface area contributed by atoms with Crippen LogP contribution < -0.4 is 10.6 Å². The molecule has 0 aromatic rings. The van der Waals surface area contributed by atoms with E-state index in [1.165, 1.54) is 0 Å². The van der Waals surface area contributed by atoms with Gasteiger partial charge in [0.2, 0.25) is 5.91 Å². The van der Waals surface area contributed by atoms with E-state index in [4.69, 9.17) is 0 Å². The molecule has 0 radical (unpaired) electrons. The van der Waals surface area contributed by atoms with E-state index >= 15 is 0 Å². The third kappa shape index (κ3) is 1.32. The third-order valence-electron chi connectivity index (χ3n) is 2.20. The summed E-state index contributed by atoms with van der Waals surface area (Å²) in [6.45, 7) is 2.35. The Bertz CT molecular complexity index is 251. The molecular formula is C7H12N3OP. The second-order valence-electron chi connectivity index (χ2n) is 3.04. The molecule has 12 heavy (non-hydrogen) atoms. The largest absolute Gasteiger partial charge is 0.370 e. The Morgan fingerprint density at radius 1 is 1.42 bits per heavy atom. The van der Waals surface area contributed by atoms with Gasteiger partial charge in [0.15, 0.2) is 0 Å². The number of nitrogens with zero attached hydrogens (tertiary/aromatic N) is 1. The smallest absolute Gasteiger partial charge is 0.250 e. The van der Waals surface area contributed by atoms with Crippen LogP contribution in [0.3, 0.4) is 0 Å². The van der Waals surface area contributed by atoms with Gasteiger partial charge in [0, 0.05) is 24.4 Å². The van der Waals surface area contributed by atoms with Crippen LogP contribution in [0.15, 0.2) is 11.3 Å². The van der Waals surface area contributed by atoms with Gasteiger partial charge in [-0.25, -0.2) is 0 Å². The van der Waals surface area contributed by atoms with Gasteiger partial charge in [-0.3, -0.25) is 9.46 Å². The van der Waals surface area contributed by atoms with E-state index < -0.39 is 0 Å². The lowest BCUT2D eigenvalue weighted by atomic mass is 10.0.